The summed E-state index contributed by atoms with van der Waals surface area (Å²) in [4.78, 5) is 14.0. The Morgan fingerprint density at radius 3 is 2.39 bits per heavy atom. The van der Waals surface area contributed by atoms with Crippen molar-refractivity contribution in [1.82, 2.24) is 14.7 Å². The van der Waals surface area contributed by atoms with E-state index in [0.29, 0.717) is 19.0 Å². The fourth-order valence-corrected chi connectivity index (χ4v) is 3.14. The predicted molar refractivity (Wildman–Crippen MR) is 89.0 cm³/mol. The van der Waals surface area contributed by atoms with Crippen LogP contribution in [0.5, 0.6) is 5.88 Å². The van der Waals surface area contributed by atoms with Gasteiger partial charge in [0, 0.05) is 30.9 Å². The van der Waals surface area contributed by atoms with Crippen LogP contribution in [0.1, 0.15) is 57.7 Å². The quantitative estimate of drug-likeness (QED) is 0.856. The Kier molecular flexibility index (Phi) is 5.22. The van der Waals surface area contributed by atoms with Crippen molar-refractivity contribution in [2.45, 2.75) is 65.5 Å². The minimum atomic E-state index is -0.448. The lowest BCUT2D eigenvalue weighted by Gasteiger charge is -2.33. The van der Waals surface area contributed by atoms with Crippen molar-refractivity contribution in [3.05, 3.63) is 11.3 Å². The fraction of sp³-hybridized carbons (Fsp3) is 0.765. The molecule has 0 bridgehead atoms. The van der Waals surface area contributed by atoms with Gasteiger partial charge in [0.25, 0.3) is 0 Å². The van der Waals surface area contributed by atoms with Crippen LogP contribution in [-0.2, 0) is 11.3 Å². The third kappa shape index (κ3) is 3.98. The first-order chi connectivity index (χ1) is 10.8. The van der Waals surface area contributed by atoms with E-state index in [1.54, 1.807) is 12.0 Å². The molecule has 2 heterocycles. The molecular formula is C17H29N3O3. The molecule has 1 saturated heterocycles. The lowest BCUT2D eigenvalue weighted by Crippen LogP contribution is -2.41. The van der Waals surface area contributed by atoms with Gasteiger partial charge in [0.15, 0.2) is 0 Å². The maximum Gasteiger partial charge on any atom is 0.410 e. The zero-order chi connectivity index (χ0) is 17.2. The van der Waals surface area contributed by atoms with E-state index in [-0.39, 0.29) is 6.09 Å². The van der Waals surface area contributed by atoms with Gasteiger partial charge >= 0.3 is 6.09 Å². The number of hydrogen-bond acceptors (Lipinski definition) is 4. The molecule has 6 heteroatoms. The van der Waals surface area contributed by atoms with Gasteiger partial charge in [-0.2, -0.15) is 0 Å². The standard InChI is InChI=1S/C17H29N3O3/c1-7-20-12(2)14(15(18-20)22-6)13-8-10-19(11-9-13)16(21)23-17(3,4)5/h13H,7-11H2,1-6H3. The first-order valence-corrected chi connectivity index (χ1v) is 8.36. The number of ether oxygens (including phenoxy) is 2. The summed E-state index contributed by atoms with van der Waals surface area (Å²) in [6, 6.07) is 0. The number of likely N-dealkylation sites (tertiary alicyclic amines) is 1. The molecule has 2 rings (SSSR count). The van der Waals surface area contributed by atoms with Crippen LogP contribution in [0.2, 0.25) is 0 Å². The van der Waals surface area contributed by atoms with Crippen molar-refractivity contribution in [3.8, 4) is 5.88 Å². The monoisotopic (exact) mass is 323 g/mol. The number of piperidine rings is 1. The van der Waals surface area contributed by atoms with E-state index in [4.69, 9.17) is 9.47 Å². The average molecular weight is 323 g/mol. The molecule has 1 aromatic rings. The van der Waals surface area contributed by atoms with Gasteiger partial charge in [-0.3, -0.25) is 4.68 Å². The molecule has 1 aromatic heterocycles. The van der Waals surface area contributed by atoms with Crippen LogP contribution in [0.3, 0.4) is 0 Å². The highest BCUT2D eigenvalue weighted by Gasteiger charge is 2.31. The van der Waals surface area contributed by atoms with Crippen molar-refractivity contribution in [2.24, 2.45) is 0 Å². The molecule has 1 fully saturated rings. The van der Waals surface area contributed by atoms with Crippen LogP contribution in [0.25, 0.3) is 0 Å². The zero-order valence-corrected chi connectivity index (χ0v) is 15.2. The zero-order valence-electron chi connectivity index (χ0n) is 15.2. The van der Waals surface area contributed by atoms with Gasteiger partial charge < -0.3 is 14.4 Å². The van der Waals surface area contributed by atoms with Crippen LogP contribution in [0.4, 0.5) is 4.79 Å². The van der Waals surface area contributed by atoms with Crippen molar-refractivity contribution >= 4 is 6.09 Å². The molecule has 0 aliphatic carbocycles. The summed E-state index contributed by atoms with van der Waals surface area (Å²) in [5.74, 6) is 1.10. The normalized spacial score (nSPS) is 16.5. The minimum Gasteiger partial charge on any atom is -0.480 e. The molecule has 1 aliphatic rings. The molecule has 0 saturated carbocycles. The van der Waals surface area contributed by atoms with E-state index in [2.05, 4.69) is 18.9 Å². The van der Waals surface area contributed by atoms with Crippen LogP contribution < -0.4 is 4.74 Å². The summed E-state index contributed by atoms with van der Waals surface area (Å²) in [7, 11) is 1.67. The largest absolute Gasteiger partial charge is 0.480 e. The van der Waals surface area contributed by atoms with Crippen molar-refractivity contribution in [1.29, 1.82) is 0 Å². The molecule has 0 aromatic carbocycles. The molecule has 0 radical (unpaired) electrons. The Hall–Kier alpha value is -1.72. The van der Waals surface area contributed by atoms with E-state index in [1.165, 1.54) is 11.3 Å². The first kappa shape index (κ1) is 17.6. The number of methoxy groups -OCH3 is 1. The Bertz CT molecular complexity index is 552. The molecule has 0 atom stereocenters. The Morgan fingerprint density at radius 2 is 1.91 bits per heavy atom. The number of aromatic nitrogens is 2. The molecule has 130 valence electrons. The highest BCUT2D eigenvalue weighted by Crippen LogP contribution is 2.36. The van der Waals surface area contributed by atoms with Crippen LogP contribution in [-0.4, -0.2) is 46.6 Å². The third-order valence-electron chi connectivity index (χ3n) is 4.27. The second-order valence-electron chi connectivity index (χ2n) is 7.07. The molecule has 1 aliphatic heterocycles. The van der Waals surface area contributed by atoms with Gasteiger partial charge in [0.1, 0.15) is 5.60 Å². The van der Waals surface area contributed by atoms with Gasteiger partial charge in [-0.1, -0.05) is 0 Å². The summed E-state index contributed by atoms with van der Waals surface area (Å²) in [5.41, 5.74) is 1.91. The van der Waals surface area contributed by atoms with E-state index < -0.39 is 5.60 Å². The number of amides is 1. The highest BCUT2D eigenvalue weighted by molar-refractivity contribution is 5.68. The maximum absolute atomic E-state index is 12.2. The molecular weight excluding hydrogens is 294 g/mol. The number of carbonyl (C=O) groups is 1. The van der Waals surface area contributed by atoms with Gasteiger partial charge in [-0.05, 0) is 53.4 Å². The lowest BCUT2D eigenvalue weighted by atomic mass is 9.89. The van der Waals surface area contributed by atoms with E-state index in [0.717, 1.165) is 25.3 Å². The third-order valence-corrected chi connectivity index (χ3v) is 4.27. The summed E-state index contributed by atoms with van der Waals surface area (Å²) >= 11 is 0. The molecule has 23 heavy (non-hydrogen) atoms. The maximum atomic E-state index is 12.2. The van der Waals surface area contributed by atoms with E-state index >= 15 is 0 Å². The van der Waals surface area contributed by atoms with Crippen molar-refractivity contribution < 1.29 is 14.3 Å². The summed E-state index contributed by atoms with van der Waals surface area (Å²) in [5, 5.41) is 4.51. The van der Waals surface area contributed by atoms with E-state index in [9.17, 15) is 4.79 Å². The highest BCUT2D eigenvalue weighted by atomic mass is 16.6. The van der Waals surface area contributed by atoms with Crippen molar-refractivity contribution in [3.63, 3.8) is 0 Å². The topological polar surface area (TPSA) is 56.6 Å². The number of aryl methyl sites for hydroxylation is 1. The fourth-order valence-electron chi connectivity index (χ4n) is 3.14. The minimum absolute atomic E-state index is 0.219. The predicted octanol–water partition coefficient (Wildman–Crippen LogP) is 3.33. The van der Waals surface area contributed by atoms with Crippen molar-refractivity contribution in [2.75, 3.05) is 20.2 Å². The first-order valence-electron chi connectivity index (χ1n) is 8.36. The van der Waals surface area contributed by atoms with Gasteiger partial charge in [0.2, 0.25) is 5.88 Å². The second kappa shape index (κ2) is 6.81. The van der Waals surface area contributed by atoms with E-state index in [1.807, 2.05) is 25.5 Å². The molecule has 1 amide bonds. The number of hydrogen-bond donors (Lipinski definition) is 0. The molecule has 0 unspecified atom stereocenters. The number of nitrogens with zero attached hydrogens (tertiary/aromatic N) is 3. The Balaban J connectivity index is 2.05. The Labute approximate surface area is 138 Å². The summed E-state index contributed by atoms with van der Waals surface area (Å²) in [6.07, 6.45) is 1.60. The molecule has 6 nitrogen and oxygen atoms in total. The smallest absolute Gasteiger partial charge is 0.410 e. The van der Waals surface area contributed by atoms with Crippen LogP contribution >= 0.6 is 0 Å². The van der Waals surface area contributed by atoms with Crippen LogP contribution in [0.15, 0.2) is 0 Å². The Morgan fingerprint density at radius 1 is 1.30 bits per heavy atom. The average Bonchev–Trinajstić information content (AvgIpc) is 2.81. The van der Waals surface area contributed by atoms with Gasteiger partial charge in [-0.15, -0.1) is 5.10 Å². The lowest BCUT2D eigenvalue weighted by molar-refractivity contribution is 0.0204. The number of rotatable bonds is 3. The summed E-state index contributed by atoms with van der Waals surface area (Å²) < 4.78 is 12.9. The summed E-state index contributed by atoms with van der Waals surface area (Å²) in [6.45, 7) is 12.1. The second-order valence-corrected chi connectivity index (χ2v) is 7.07. The SMILES string of the molecule is CCn1nc(OC)c(C2CCN(C(=O)OC(C)(C)C)CC2)c1C. The molecule has 0 N–H and O–H groups in total. The van der Waals surface area contributed by atoms with Gasteiger partial charge in [-0.25, -0.2) is 4.79 Å². The van der Waals surface area contributed by atoms with Crippen LogP contribution in [0, 0.1) is 6.92 Å². The molecule has 0 spiro atoms. The number of carbonyl (C=O) groups excluding carboxylic acids is 1. The van der Waals surface area contributed by atoms with Gasteiger partial charge in [0.05, 0.1) is 7.11 Å².